The zero-order valence-corrected chi connectivity index (χ0v) is 18.6. The summed E-state index contributed by atoms with van der Waals surface area (Å²) in [5.41, 5.74) is 3.44. The Bertz CT molecular complexity index is 798. The van der Waals surface area contributed by atoms with Crippen LogP contribution in [0, 0.1) is 24.0 Å². The number of aromatic nitrogens is 4. The Morgan fingerprint density at radius 2 is 2.15 bits per heavy atom. The molecule has 1 unspecified atom stereocenters. The molecule has 0 aromatic carbocycles. The molecule has 2 aromatic heterocycles. The van der Waals surface area contributed by atoms with E-state index in [0.717, 1.165) is 12.1 Å². The Morgan fingerprint density at radius 3 is 2.67 bits per heavy atom. The first-order valence-electron chi connectivity index (χ1n) is 8.45. The minimum atomic E-state index is -0.457. The van der Waals surface area contributed by atoms with Crippen molar-refractivity contribution in [3.8, 4) is 0 Å². The van der Waals surface area contributed by atoms with E-state index >= 15 is 0 Å². The van der Waals surface area contributed by atoms with E-state index in [0.29, 0.717) is 19.0 Å². The molecule has 2 aromatic rings. The van der Waals surface area contributed by atoms with Gasteiger partial charge in [-0.15, -0.1) is 24.0 Å². The van der Waals surface area contributed by atoms with E-state index in [1.54, 1.807) is 7.05 Å². The van der Waals surface area contributed by atoms with Gasteiger partial charge in [0.25, 0.3) is 0 Å². The number of nitrogens with one attached hydrogen (secondary N) is 2. The molecule has 0 bridgehead atoms. The fourth-order valence-electron chi connectivity index (χ4n) is 2.76. The Balaban J connectivity index is 0.00000364. The van der Waals surface area contributed by atoms with Crippen molar-refractivity contribution in [1.82, 2.24) is 30.2 Å². The number of guanidine groups is 1. The number of aliphatic imine (C=N–C) groups is 1. The van der Waals surface area contributed by atoms with Gasteiger partial charge in [-0.25, -0.2) is 0 Å². The third-order valence-electron chi connectivity index (χ3n) is 4.24. The fraction of sp³-hybridized carbons (Fsp3) is 0.562. The summed E-state index contributed by atoms with van der Waals surface area (Å²) in [4.78, 5) is 14.4. The van der Waals surface area contributed by atoms with Crippen LogP contribution >= 0.6 is 24.0 Å². The molecule has 0 saturated heterocycles. The van der Waals surface area contributed by atoms with E-state index in [-0.39, 0.29) is 35.7 Å². The maximum absolute atomic E-state index is 10.7. The standard InChI is InChI=1S/C16H26N8O2.HI/c1-11(8-15-12(2)21-22(5)13(15)3)20-16(17-4)18-6-7-23-10-14(9-19-23)24(25)26;/h9-11H,6-8H2,1-5H3,(H2,17,18,20);1H. The summed E-state index contributed by atoms with van der Waals surface area (Å²) in [6, 6.07) is 0.175. The van der Waals surface area contributed by atoms with Crippen LogP contribution < -0.4 is 10.6 Å². The largest absolute Gasteiger partial charge is 0.355 e. The second-order valence-electron chi connectivity index (χ2n) is 6.24. The lowest BCUT2D eigenvalue weighted by Crippen LogP contribution is -2.44. The Hall–Kier alpha value is -2.18. The zero-order chi connectivity index (χ0) is 19.3. The molecule has 0 radical (unpaired) electrons. The monoisotopic (exact) mass is 490 g/mol. The van der Waals surface area contributed by atoms with Crippen LogP contribution in [0.4, 0.5) is 5.69 Å². The van der Waals surface area contributed by atoms with Crippen LogP contribution in [0.1, 0.15) is 23.9 Å². The van der Waals surface area contributed by atoms with Gasteiger partial charge < -0.3 is 10.6 Å². The average Bonchev–Trinajstić information content (AvgIpc) is 3.15. The van der Waals surface area contributed by atoms with E-state index in [1.807, 2.05) is 18.7 Å². The van der Waals surface area contributed by atoms with Crippen molar-refractivity contribution in [2.45, 2.75) is 39.8 Å². The highest BCUT2D eigenvalue weighted by molar-refractivity contribution is 14.0. The molecule has 0 aliphatic rings. The fourth-order valence-corrected chi connectivity index (χ4v) is 2.76. The minimum absolute atomic E-state index is 0. The Kier molecular flexibility index (Phi) is 8.66. The van der Waals surface area contributed by atoms with Crippen LogP contribution in [0.15, 0.2) is 17.4 Å². The molecule has 0 saturated carbocycles. The molecule has 2 rings (SSSR count). The predicted octanol–water partition coefficient (Wildman–Crippen LogP) is 1.56. The summed E-state index contributed by atoms with van der Waals surface area (Å²) in [6.07, 6.45) is 3.50. The Labute approximate surface area is 175 Å². The molecule has 0 spiro atoms. The highest BCUT2D eigenvalue weighted by Crippen LogP contribution is 2.14. The van der Waals surface area contributed by atoms with Crippen LogP contribution in [0.2, 0.25) is 0 Å². The number of hydrogen-bond donors (Lipinski definition) is 2. The van der Waals surface area contributed by atoms with E-state index in [1.165, 1.54) is 28.3 Å². The predicted molar refractivity (Wildman–Crippen MR) is 115 cm³/mol. The molecule has 2 N–H and O–H groups in total. The maximum atomic E-state index is 10.7. The summed E-state index contributed by atoms with van der Waals surface area (Å²) >= 11 is 0. The number of hydrogen-bond acceptors (Lipinski definition) is 5. The smallest absolute Gasteiger partial charge is 0.306 e. The number of rotatable bonds is 7. The van der Waals surface area contributed by atoms with Crippen molar-refractivity contribution >= 4 is 35.6 Å². The first-order chi connectivity index (χ1) is 12.3. The molecule has 0 fully saturated rings. The molecule has 10 nitrogen and oxygen atoms in total. The minimum Gasteiger partial charge on any atom is -0.355 e. The molecule has 0 aliphatic carbocycles. The van der Waals surface area contributed by atoms with E-state index < -0.39 is 4.92 Å². The molecule has 11 heteroatoms. The van der Waals surface area contributed by atoms with Crippen molar-refractivity contribution in [3.05, 3.63) is 39.5 Å². The summed E-state index contributed by atoms with van der Waals surface area (Å²) < 4.78 is 3.43. The number of halogens is 1. The molecule has 0 aliphatic heterocycles. The molecular formula is C16H27IN8O2. The first-order valence-corrected chi connectivity index (χ1v) is 8.45. The van der Waals surface area contributed by atoms with Crippen LogP contribution in [-0.2, 0) is 20.0 Å². The average molecular weight is 490 g/mol. The number of aryl methyl sites for hydroxylation is 2. The lowest BCUT2D eigenvalue weighted by atomic mass is 10.1. The first kappa shape index (κ1) is 22.9. The Morgan fingerprint density at radius 1 is 1.44 bits per heavy atom. The topological polar surface area (TPSA) is 115 Å². The van der Waals surface area contributed by atoms with Crippen LogP contribution in [-0.4, -0.2) is 50.1 Å². The lowest BCUT2D eigenvalue weighted by Gasteiger charge is -2.18. The third-order valence-corrected chi connectivity index (χ3v) is 4.24. The van der Waals surface area contributed by atoms with E-state index in [9.17, 15) is 10.1 Å². The highest BCUT2D eigenvalue weighted by atomic mass is 127. The highest BCUT2D eigenvalue weighted by Gasteiger charge is 2.14. The number of nitro groups is 1. The van der Waals surface area contributed by atoms with Gasteiger partial charge in [0.2, 0.25) is 0 Å². The van der Waals surface area contributed by atoms with Gasteiger partial charge in [-0.2, -0.15) is 10.2 Å². The second-order valence-corrected chi connectivity index (χ2v) is 6.24. The van der Waals surface area contributed by atoms with Crippen molar-refractivity contribution in [2.24, 2.45) is 12.0 Å². The van der Waals surface area contributed by atoms with Crippen molar-refractivity contribution in [3.63, 3.8) is 0 Å². The lowest BCUT2D eigenvalue weighted by molar-refractivity contribution is -0.385. The molecule has 0 amide bonds. The molecule has 2 heterocycles. The van der Waals surface area contributed by atoms with Crippen LogP contribution in [0.25, 0.3) is 0 Å². The summed E-state index contributed by atoms with van der Waals surface area (Å²) in [5.74, 6) is 0.679. The zero-order valence-electron chi connectivity index (χ0n) is 16.3. The summed E-state index contributed by atoms with van der Waals surface area (Å²) in [5, 5.41) is 25.6. The second kappa shape index (κ2) is 10.2. The van der Waals surface area contributed by atoms with Gasteiger partial charge in [0.05, 0.1) is 17.2 Å². The van der Waals surface area contributed by atoms with Crippen LogP contribution in [0.3, 0.4) is 0 Å². The van der Waals surface area contributed by atoms with Crippen molar-refractivity contribution in [2.75, 3.05) is 13.6 Å². The van der Waals surface area contributed by atoms with Gasteiger partial charge in [0.15, 0.2) is 5.96 Å². The van der Waals surface area contributed by atoms with Crippen molar-refractivity contribution < 1.29 is 4.92 Å². The summed E-state index contributed by atoms with van der Waals surface area (Å²) in [7, 11) is 3.66. The molecule has 1 atom stereocenters. The van der Waals surface area contributed by atoms with E-state index in [4.69, 9.17) is 0 Å². The van der Waals surface area contributed by atoms with Gasteiger partial charge in [-0.1, -0.05) is 0 Å². The quantitative estimate of drug-likeness (QED) is 0.200. The van der Waals surface area contributed by atoms with Gasteiger partial charge in [-0.3, -0.25) is 24.5 Å². The van der Waals surface area contributed by atoms with Gasteiger partial charge in [-0.05, 0) is 32.8 Å². The molecule has 150 valence electrons. The van der Waals surface area contributed by atoms with E-state index in [2.05, 4.69) is 39.7 Å². The van der Waals surface area contributed by atoms with Gasteiger partial charge >= 0.3 is 5.69 Å². The van der Waals surface area contributed by atoms with Gasteiger partial charge in [0, 0.05) is 32.4 Å². The molecular weight excluding hydrogens is 463 g/mol. The summed E-state index contributed by atoms with van der Waals surface area (Å²) in [6.45, 7) is 7.24. The third kappa shape index (κ3) is 6.19. The molecule has 27 heavy (non-hydrogen) atoms. The van der Waals surface area contributed by atoms with Gasteiger partial charge in [0.1, 0.15) is 12.4 Å². The number of nitrogens with zero attached hydrogens (tertiary/aromatic N) is 6. The SMILES string of the molecule is CN=C(NCCn1cc([N+](=O)[O-])cn1)NC(C)Cc1c(C)nn(C)c1C.I. The van der Waals surface area contributed by atoms with Crippen LogP contribution in [0.5, 0.6) is 0 Å². The normalized spacial score (nSPS) is 12.4. The van der Waals surface area contributed by atoms with Crippen molar-refractivity contribution in [1.29, 1.82) is 0 Å². The maximum Gasteiger partial charge on any atom is 0.306 e.